The number of anilines is 1. The van der Waals surface area contributed by atoms with Crippen molar-refractivity contribution in [2.75, 3.05) is 10.8 Å². The van der Waals surface area contributed by atoms with Crippen LogP contribution in [0.4, 0.5) is 5.69 Å². The van der Waals surface area contributed by atoms with Crippen molar-refractivity contribution in [3.05, 3.63) is 41.3 Å². The fourth-order valence-corrected chi connectivity index (χ4v) is 4.22. The Morgan fingerprint density at radius 1 is 1.36 bits per heavy atom. The van der Waals surface area contributed by atoms with Crippen molar-refractivity contribution in [3.63, 3.8) is 0 Å². The van der Waals surface area contributed by atoms with Crippen LogP contribution in [0.15, 0.2) is 29.4 Å². The number of imidazole rings is 1. The zero-order valence-corrected chi connectivity index (χ0v) is 13.0. The number of aromatic nitrogens is 2. The second-order valence-electron chi connectivity index (χ2n) is 5.18. The predicted molar refractivity (Wildman–Crippen MR) is 79.6 cm³/mol. The van der Waals surface area contributed by atoms with Gasteiger partial charge in [0.15, 0.2) is 5.03 Å². The third-order valence-electron chi connectivity index (χ3n) is 3.92. The number of carbonyl (C=O) groups is 1. The highest BCUT2D eigenvalue weighted by Crippen LogP contribution is 2.33. The summed E-state index contributed by atoms with van der Waals surface area (Å²) in [4.78, 5) is 15.1. The Bertz CT molecular complexity index is 870. The normalized spacial score (nSPS) is 14.2. The third-order valence-corrected chi connectivity index (χ3v) is 5.78. The number of aryl methyl sites for hydroxylation is 1. The summed E-state index contributed by atoms with van der Waals surface area (Å²) in [5.41, 5.74) is 1.33. The highest BCUT2D eigenvalue weighted by atomic mass is 32.2. The number of nitrogens with zero attached hydrogens (tertiary/aromatic N) is 3. The summed E-state index contributed by atoms with van der Waals surface area (Å²) in [5.74, 6) is -0.485. The van der Waals surface area contributed by atoms with Crippen LogP contribution in [0.1, 0.15) is 21.7 Å². The Morgan fingerprint density at radius 2 is 2.09 bits per heavy atom. The van der Waals surface area contributed by atoms with Crippen LogP contribution in [0.3, 0.4) is 0 Å². The molecule has 7 nitrogen and oxygen atoms in total. The first kappa shape index (κ1) is 14.6. The van der Waals surface area contributed by atoms with Crippen molar-refractivity contribution in [2.45, 2.75) is 18.4 Å². The Labute approximate surface area is 127 Å². The van der Waals surface area contributed by atoms with Gasteiger partial charge in [0, 0.05) is 13.6 Å². The molecule has 0 radical (unpaired) electrons. The predicted octanol–water partition coefficient (Wildman–Crippen LogP) is 1.18. The molecule has 1 N–H and O–H groups in total. The number of carboxylic acid groups (broad SMARTS) is 1. The van der Waals surface area contributed by atoms with E-state index in [2.05, 4.69) is 4.98 Å². The number of fused-ring (bicyclic) bond motifs is 1. The number of carboxylic acids is 1. The maximum Gasteiger partial charge on any atom is 0.335 e. The molecule has 3 rings (SSSR count). The summed E-state index contributed by atoms with van der Waals surface area (Å²) in [6, 6.07) is 4.57. The third kappa shape index (κ3) is 2.07. The highest BCUT2D eigenvalue weighted by Gasteiger charge is 2.33. The molecular weight excluding hydrogens is 306 g/mol. The molecule has 0 aliphatic carbocycles. The summed E-state index contributed by atoms with van der Waals surface area (Å²) in [6.07, 6.45) is 1.88. The molecule has 1 aromatic heterocycles. The van der Waals surface area contributed by atoms with Crippen molar-refractivity contribution in [1.82, 2.24) is 9.55 Å². The van der Waals surface area contributed by atoms with E-state index < -0.39 is 16.0 Å². The lowest BCUT2D eigenvalue weighted by atomic mass is 10.1. The average molecular weight is 321 g/mol. The molecule has 0 amide bonds. The average Bonchev–Trinajstić information content (AvgIpc) is 3.03. The zero-order valence-electron chi connectivity index (χ0n) is 12.1. The molecule has 1 aliphatic heterocycles. The second-order valence-corrected chi connectivity index (χ2v) is 6.99. The molecule has 2 heterocycles. The highest BCUT2D eigenvalue weighted by molar-refractivity contribution is 7.92. The number of benzene rings is 1. The van der Waals surface area contributed by atoms with E-state index in [9.17, 15) is 13.2 Å². The lowest BCUT2D eigenvalue weighted by Crippen LogP contribution is -2.30. The van der Waals surface area contributed by atoms with Crippen LogP contribution in [-0.4, -0.2) is 35.6 Å². The lowest BCUT2D eigenvalue weighted by Gasteiger charge is -2.20. The second kappa shape index (κ2) is 4.84. The molecule has 0 bridgehead atoms. The van der Waals surface area contributed by atoms with Crippen LogP contribution in [0.25, 0.3) is 0 Å². The smallest absolute Gasteiger partial charge is 0.335 e. The molecular formula is C14H15N3O4S. The van der Waals surface area contributed by atoms with Gasteiger partial charge < -0.3 is 9.67 Å². The lowest BCUT2D eigenvalue weighted by molar-refractivity contribution is 0.0697. The summed E-state index contributed by atoms with van der Waals surface area (Å²) < 4.78 is 28.4. The van der Waals surface area contributed by atoms with Gasteiger partial charge in [-0.25, -0.2) is 9.78 Å². The molecule has 1 aromatic carbocycles. The van der Waals surface area contributed by atoms with Gasteiger partial charge in [0.2, 0.25) is 0 Å². The minimum absolute atomic E-state index is 0.0713. The van der Waals surface area contributed by atoms with Crippen molar-refractivity contribution >= 4 is 21.7 Å². The summed E-state index contributed by atoms with van der Waals surface area (Å²) in [7, 11) is -2.12. The fraction of sp³-hybridized carbons (Fsp3) is 0.286. The molecule has 0 atom stereocenters. The Morgan fingerprint density at radius 3 is 2.68 bits per heavy atom. The van der Waals surface area contributed by atoms with Crippen molar-refractivity contribution < 1.29 is 18.3 Å². The van der Waals surface area contributed by atoms with Gasteiger partial charge in [-0.2, -0.15) is 8.42 Å². The van der Waals surface area contributed by atoms with E-state index in [-0.39, 0.29) is 10.6 Å². The minimum atomic E-state index is -3.76. The van der Waals surface area contributed by atoms with E-state index in [0.717, 1.165) is 5.56 Å². The largest absolute Gasteiger partial charge is 0.478 e. The molecule has 0 spiro atoms. The molecule has 22 heavy (non-hydrogen) atoms. The molecule has 0 fully saturated rings. The maximum absolute atomic E-state index is 12.8. The van der Waals surface area contributed by atoms with E-state index in [0.29, 0.717) is 24.5 Å². The summed E-state index contributed by atoms with van der Waals surface area (Å²) in [6.45, 7) is 2.02. The van der Waals surface area contributed by atoms with Gasteiger partial charge in [0.1, 0.15) is 5.82 Å². The molecule has 0 saturated carbocycles. The van der Waals surface area contributed by atoms with Crippen LogP contribution in [0.5, 0.6) is 0 Å². The van der Waals surface area contributed by atoms with Crippen molar-refractivity contribution in [2.24, 2.45) is 7.05 Å². The number of sulfonamides is 1. The molecule has 8 heteroatoms. The Hall–Kier alpha value is -2.35. The minimum Gasteiger partial charge on any atom is -0.478 e. The zero-order chi connectivity index (χ0) is 16.1. The first-order valence-electron chi connectivity index (χ1n) is 6.69. The number of aromatic carboxylic acids is 1. The fourth-order valence-electron chi connectivity index (χ4n) is 2.57. The van der Waals surface area contributed by atoms with Gasteiger partial charge in [-0.3, -0.25) is 4.31 Å². The van der Waals surface area contributed by atoms with Crippen LogP contribution in [-0.2, 0) is 23.5 Å². The quantitative estimate of drug-likeness (QED) is 0.916. The molecule has 116 valence electrons. The van der Waals surface area contributed by atoms with Gasteiger partial charge in [-0.05, 0) is 31.0 Å². The van der Waals surface area contributed by atoms with Gasteiger partial charge in [0.05, 0.1) is 17.4 Å². The van der Waals surface area contributed by atoms with E-state index >= 15 is 0 Å². The van der Waals surface area contributed by atoms with Crippen LogP contribution in [0.2, 0.25) is 0 Å². The van der Waals surface area contributed by atoms with Crippen molar-refractivity contribution in [1.29, 1.82) is 0 Å². The number of rotatable bonds is 3. The number of hydrogen-bond acceptors (Lipinski definition) is 4. The SMILES string of the molecule is Cc1ncc(S(=O)(=O)N2CCc3ccc(C(=O)O)cc32)n1C. The topological polar surface area (TPSA) is 92.5 Å². The monoisotopic (exact) mass is 321 g/mol. The van der Waals surface area contributed by atoms with Crippen LogP contribution in [0, 0.1) is 6.92 Å². The molecule has 2 aromatic rings. The van der Waals surface area contributed by atoms with Gasteiger partial charge in [0.25, 0.3) is 10.0 Å². The Balaban J connectivity index is 2.11. The van der Waals surface area contributed by atoms with E-state index in [1.807, 2.05) is 0 Å². The standard InChI is InChI=1S/C14H15N3O4S/c1-9-15-8-13(16(9)2)22(20,21)17-6-5-10-3-4-11(14(18)19)7-12(10)17/h3-4,7-8H,5-6H2,1-2H3,(H,18,19). The van der Waals surface area contributed by atoms with Gasteiger partial charge in [-0.15, -0.1) is 0 Å². The molecule has 0 unspecified atom stereocenters. The summed E-state index contributed by atoms with van der Waals surface area (Å²) >= 11 is 0. The molecule has 0 saturated heterocycles. The van der Waals surface area contributed by atoms with Gasteiger partial charge in [-0.1, -0.05) is 6.07 Å². The van der Waals surface area contributed by atoms with Crippen LogP contribution < -0.4 is 4.31 Å². The Kier molecular flexibility index (Phi) is 3.21. The van der Waals surface area contributed by atoms with E-state index in [1.54, 1.807) is 20.0 Å². The maximum atomic E-state index is 12.8. The molecule has 1 aliphatic rings. The van der Waals surface area contributed by atoms with E-state index in [4.69, 9.17) is 5.11 Å². The summed E-state index contributed by atoms with van der Waals surface area (Å²) in [5, 5.41) is 9.18. The van der Waals surface area contributed by atoms with Gasteiger partial charge >= 0.3 is 5.97 Å². The first-order valence-corrected chi connectivity index (χ1v) is 8.13. The van der Waals surface area contributed by atoms with Crippen LogP contribution >= 0.6 is 0 Å². The van der Waals surface area contributed by atoms with Crippen molar-refractivity contribution in [3.8, 4) is 0 Å². The van der Waals surface area contributed by atoms with E-state index in [1.165, 1.54) is 27.2 Å². The first-order chi connectivity index (χ1) is 10.3. The number of hydrogen-bond donors (Lipinski definition) is 1.